The molecular weight excluding hydrogens is 232 g/mol. The standard InChI is InChI=1S/C13H14N2OS/c1-17-8-6-13(16)15-11-4-5-12-10(9-11)3-2-7-14-12/h2-5,7,9H,6,8H2,1H3,(H,15,16). The number of pyridine rings is 1. The summed E-state index contributed by atoms with van der Waals surface area (Å²) in [5, 5.41) is 3.93. The third-order valence-electron chi connectivity index (χ3n) is 2.42. The number of nitrogens with zero attached hydrogens (tertiary/aromatic N) is 1. The second kappa shape index (κ2) is 5.68. The average molecular weight is 246 g/mol. The van der Waals surface area contributed by atoms with Crippen LogP contribution in [0.5, 0.6) is 0 Å². The Kier molecular flexibility index (Phi) is 3.98. The zero-order chi connectivity index (χ0) is 12.1. The first-order valence-corrected chi connectivity index (χ1v) is 6.82. The van der Waals surface area contributed by atoms with E-state index in [4.69, 9.17) is 0 Å². The number of fused-ring (bicyclic) bond motifs is 1. The molecule has 0 saturated heterocycles. The van der Waals surface area contributed by atoms with E-state index in [1.54, 1.807) is 18.0 Å². The van der Waals surface area contributed by atoms with Gasteiger partial charge in [0.05, 0.1) is 5.52 Å². The number of aromatic nitrogens is 1. The molecule has 0 radical (unpaired) electrons. The second-order valence-electron chi connectivity index (χ2n) is 3.70. The molecule has 0 unspecified atom stereocenters. The molecule has 0 saturated carbocycles. The molecule has 0 aliphatic heterocycles. The van der Waals surface area contributed by atoms with Crippen LogP contribution >= 0.6 is 11.8 Å². The number of hydrogen-bond acceptors (Lipinski definition) is 3. The van der Waals surface area contributed by atoms with Gasteiger partial charge in [-0.2, -0.15) is 11.8 Å². The fourth-order valence-corrected chi connectivity index (χ4v) is 1.96. The monoisotopic (exact) mass is 246 g/mol. The number of anilines is 1. The van der Waals surface area contributed by atoms with Crippen LogP contribution < -0.4 is 5.32 Å². The molecule has 0 aliphatic rings. The van der Waals surface area contributed by atoms with Crippen LogP contribution in [-0.2, 0) is 4.79 Å². The van der Waals surface area contributed by atoms with E-state index in [1.165, 1.54) is 0 Å². The smallest absolute Gasteiger partial charge is 0.225 e. The zero-order valence-corrected chi connectivity index (χ0v) is 10.5. The predicted octanol–water partition coefficient (Wildman–Crippen LogP) is 2.93. The Morgan fingerprint density at radius 1 is 1.41 bits per heavy atom. The summed E-state index contributed by atoms with van der Waals surface area (Å²) in [6.45, 7) is 0. The van der Waals surface area contributed by atoms with Crippen LogP contribution in [0.1, 0.15) is 6.42 Å². The normalized spacial score (nSPS) is 10.4. The molecule has 0 spiro atoms. The Hall–Kier alpha value is -1.55. The number of amides is 1. The molecule has 1 aromatic carbocycles. The van der Waals surface area contributed by atoms with Crippen LogP contribution in [0.3, 0.4) is 0 Å². The van der Waals surface area contributed by atoms with E-state index in [1.807, 2.05) is 36.6 Å². The molecule has 17 heavy (non-hydrogen) atoms. The van der Waals surface area contributed by atoms with Gasteiger partial charge >= 0.3 is 0 Å². The molecule has 1 heterocycles. The molecule has 0 fully saturated rings. The van der Waals surface area contributed by atoms with E-state index in [0.717, 1.165) is 22.3 Å². The largest absolute Gasteiger partial charge is 0.326 e. The topological polar surface area (TPSA) is 42.0 Å². The number of hydrogen-bond donors (Lipinski definition) is 1. The average Bonchev–Trinajstić information content (AvgIpc) is 2.36. The lowest BCUT2D eigenvalue weighted by Gasteiger charge is -2.05. The molecule has 3 nitrogen and oxygen atoms in total. The molecule has 0 aliphatic carbocycles. The van der Waals surface area contributed by atoms with Gasteiger partial charge in [0.2, 0.25) is 5.91 Å². The summed E-state index contributed by atoms with van der Waals surface area (Å²) < 4.78 is 0. The van der Waals surface area contributed by atoms with Gasteiger partial charge in [-0.25, -0.2) is 0 Å². The molecule has 2 rings (SSSR count). The van der Waals surface area contributed by atoms with Crippen molar-refractivity contribution in [2.24, 2.45) is 0 Å². The van der Waals surface area contributed by atoms with E-state index in [9.17, 15) is 4.79 Å². The maximum absolute atomic E-state index is 11.6. The van der Waals surface area contributed by atoms with E-state index >= 15 is 0 Å². The van der Waals surface area contributed by atoms with Crippen molar-refractivity contribution >= 4 is 34.3 Å². The third-order valence-corrected chi connectivity index (χ3v) is 3.03. The number of carbonyl (C=O) groups excluding carboxylic acids is 1. The van der Waals surface area contributed by atoms with Crippen molar-refractivity contribution in [2.45, 2.75) is 6.42 Å². The van der Waals surface area contributed by atoms with Crippen LogP contribution in [0.4, 0.5) is 5.69 Å². The Bertz CT molecular complexity index is 528. The highest BCUT2D eigenvalue weighted by Gasteiger charge is 2.02. The summed E-state index contributed by atoms with van der Waals surface area (Å²) in [5.41, 5.74) is 1.77. The summed E-state index contributed by atoms with van der Waals surface area (Å²) in [6.07, 6.45) is 4.31. The molecule has 1 N–H and O–H groups in total. The summed E-state index contributed by atoms with van der Waals surface area (Å²) in [6, 6.07) is 9.62. The Balaban J connectivity index is 2.11. The number of rotatable bonds is 4. The van der Waals surface area contributed by atoms with Crippen LogP contribution in [0, 0.1) is 0 Å². The van der Waals surface area contributed by atoms with Gasteiger partial charge in [-0.05, 0) is 30.5 Å². The van der Waals surface area contributed by atoms with E-state index in [2.05, 4.69) is 10.3 Å². The van der Waals surface area contributed by atoms with Gasteiger partial charge in [0.1, 0.15) is 0 Å². The van der Waals surface area contributed by atoms with Crippen molar-refractivity contribution in [2.75, 3.05) is 17.3 Å². The van der Waals surface area contributed by atoms with E-state index in [0.29, 0.717) is 6.42 Å². The SMILES string of the molecule is CSCCC(=O)Nc1ccc2ncccc2c1. The molecular formula is C13H14N2OS. The first kappa shape index (κ1) is 11.9. The molecule has 2 aromatic rings. The number of nitrogens with one attached hydrogen (secondary N) is 1. The van der Waals surface area contributed by atoms with Gasteiger partial charge in [0.25, 0.3) is 0 Å². The quantitative estimate of drug-likeness (QED) is 0.902. The highest BCUT2D eigenvalue weighted by Crippen LogP contribution is 2.17. The summed E-state index contributed by atoms with van der Waals surface area (Å²) in [7, 11) is 0. The summed E-state index contributed by atoms with van der Waals surface area (Å²) in [5.74, 6) is 0.906. The molecule has 0 atom stereocenters. The highest BCUT2D eigenvalue weighted by molar-refractivity contribution is 7.98. The Morgan fingerprint density at radius 3 is 3.12 bits per heavy atom. The minimum atomic E-state index is 0.0580. The van der Waals surface area contributed by atoms with Gasteiger partial charge in [0.15, 0.2) is 0 Å². The Morgan fingerprint density at radius 2 is 2.29 bits per heavy atom. The number of thioether (sulfide) groups is 1. The van der Waals surface area contributed by atoms with Crippen LogP contribution in [-0.4, -0.2) is 22.9 Å². The summed E-state index contributed by atoms with van der Waals surface area (Å²) in [4.78, 5) is 15.8. The first-order chi connectivity index (χ1) is 8.29. The maximum atomic E-state index is 11.6. The lowest BCUT2D eigenvalue weighted by atomic mass is 10.2. The lowest BCUT2D eigenvalue weighted by Crippen LogP contribution is -2.11. The van der Waals surface area contributed by atoms with Crippen molar-refractivity contribution in [1.82, 2.24) is 4.98 Å². The predicted molar refractivity (Wildman–Crippen MR) is 73.4 cm³/mol. The summed E-state index contributed by atoms with van der Waals surface area (Å²) >= 11 is 1.67. The Labute approximate surface area is 105 Å². The molecule has 1 aromatic heterocycles. The fraction of sp³-hybridized carbons (Fsp3) is 0.231. The fourth-order valence-electron chi connectivity index (χ4n) is 1.57. The molecule has 4 heteroatoms. The minimum absolute atomic E-state index is 0.0580. The van der Waals surface area contributed by atoms with Crippen molar-refractivity contribution in [3.05, 3.63) is 36.5 Å². The van der Waals surface area contributed by atoms with Gasteiger partial charge < -0.3 is 5.32 Å². The maximum Gasteiger partial charge on any atom is 0.225 e. The zero-order valence-electron chi connectivity index (χ0n) is 9.64. The van der Waals surface area contributed by atoms with Gasteiger partial charge in [-0.3, -0.25) is 9.78 Å². The van der Waals surface area contributed by atoms with Crippen molar-refractivity contribution < 1.29 is 4.79 Å². The van der Waals surface area contributed by atoms with Crippen molar-refractivity contribution in [1.29, 1.82) is 0 Å². The van der Waals surface area contributed by atoms with Crippen molar-refractivity contribution in [3.63, 3.8) is 0 Å². The first-order valence-electron chi connectivity index (χ1n) is 5.43. The van der Waals surface area contributed by atoms with Crippen LogP contribution in [0.25, 0.3) is 10.9 Å². The van der Waals surface area contributed by atoms with Gasteiger partial charge in [0, 0.05) is 29.4 Å². The molecule has 88 valence electrons. The minimum Gasteiger partial charge on any atom is -0.326 e. The number of carbonyl (C=O) groups is 1. The molecule has 0 bridgehead atoms. The molecule has 1 amide bonds. The van der Waals surface area contributed by atoms with E-state index in [-0.39, 0.29) is 5.91 Å². The number of benzene rings is 1. The van der Waals surface area contributed by atoms with Gasteiger partial charge in [-0.15, -0.1) is 0 Å². The second-order valence-corrected chi connectivity index (χ2v) is 4.69. The highest BCUT2D eigenvalue weighted by atomic mass is 32.2. The van der Waals surface area contributed by atoms with Crippen LogP contribution in [0.2, 0.25) is 0 Å². The lowest BCUT2D eigenvalue weighted by molar-refractivity contribution is -0.115. The van der Waals surface area contributed by atoms with E-state index < -0.39 is 0 Å². The van der Waals surface area contributed by atoms with Crippen LogP contribution in [0.15, 0.2) is 36.5 Å². The third kappa shape index (κ3) is 3.20. The van der Waals surface area contributed by atoms with Gasteiger partial charge in [-0.1, -0.05) is 6.07 Å². The van der Waals surface area contributed by atoms with Crippen molar-refractivity contribution in [3.8, 4) is 0 Å².